The summed E-state index contributed by atoms with van der Waals surface area (Å²) in [6.45, 7) is 6.37. The lowest BCUT2D eigenvalue weighted by molar-refractivity contribution is 0.199. The van der Waals surface area contributed by atoms with E-state index in [4.69, 9.17) is 4.74 Å². The minimum absolute atomic E-state index is 0. The van der Waals surface area contributed by atoms with E-state index in [1.54, 1.807) is 7.11 Å². The zero-order chi connectivity index (χ0) is 13.7. The molecule has 1 heterocycles. The van der Waals surface area contributed by atoms with Gasteiger partial charge < -0.3 is 15.2 Å². The second kappa shape index (κ2) is 8.35. The summed E-state index contributed by atoms with van der Waals surface area (Å²) in [5.41, 5.74) is 1.14. The molecular formula is C15H25ClN2O2. The highest BCUT2D eigenvalue weighted by atomic mass is 35.5. The number of nitrogens with zero attached hydrogens (tertiary/aromatic N) is 1. The molecule has 2 rings (SSSR count). The van der Waals surface area contributed by atoms with E-state index in [0.717, 1.165) is 38.2 Å². The molecule has 1 unspecified atom stereocenters. The number of nitrogens with one attached hydrogen (secondary N) is 1. The van der Waals surface area contributed by atoms with Crippen LogP contribution in [0.1, 0.15) is 25.3 Å². The van der Waals surface area contributed by atoms with Crippen molar-refractivity contribution in [2.45, 2.75) is 32.4 Å². The Morgan fingerprint density at radius 3 is 2.80 bits per heavy atom. The second-order valence-corrected chi connectivity index (χ2v) is 5.12. The van der Waals surface area contributed by atoms with Crippen LogP contribution in [0.15, 0.2) is 18.2 Å². The smallest absolute Gasteiger partial charge is 0.160 e. The van der Waals surface area contributed by atoms with E-state index in [9.17, 15) is 5.11 Å². The van der Waals surface area contributed by atoms with E-state index in [0.29, 0.717) is 11.8 Å². The molecular weight excluding hydrogens is 276 g/mol. The van der Waals surface area contributed by atoms with Gasteiger partial charge in [0.2, 0.25) is 0 Å². The summed E-state index contributed by atoms with van der Waals surface area (Å²) in [6, 6.07) is 6.29. The van der Waals surface area contributed by atoms with Gasteiger partial charge in [-0.1, -0.05) is 13.0 Å². The van der Waals surface area contributed by atoms with Crippen molar-refractivity contribution in [2.75, 3.05) is 26.7 Å². The average molecular weight is 301 g/mol. The van der Waals surface area contributed by atoms with E-state index in [2.05, 4.69) is 17.1 Å². The van der Waals surface area contributed by atoms with Gasteiger partial charge in [0.15, 0.2) is 11.5 Å². The van der Waals surface area contributed by atoms with Crippen LogP contribution in [0.5, 0.6) is 11.5 Å². The Morgan fingerprint density at radius 1 is 1.45 bits per heavy atom. The number of aromatic hydroxyl groups is 1. The Labute approximate surface area is 127 Å². The molecule has 0 saturated carbocycles. The normalized spacial score (nSPS) is 18.1. The van der Waals surface area contributed by atoms with Gasteiger partial charge in [0.1, 0.15) is 0 Å². The van der Waals surface area contributed by atoms with Gasteiger partial charge in [0.25, 0.3) is 0 Å². The quantitative estimate of drug-likeness (QED) is 0.847. The van der Waals surface area contributed by atoms with Gasteiger partial charge in [-0.05, 0) is 43.6 Å². The van der Waals surface area contributed by atoms with E-state index < -0.39 is 0 Å². The Balaban J connectivity index is 0.00000200. The minimum atomic E-state index is 0. The SMILES string of the molecule is CCCN(Cc1ccc(OC)c(O)c1)C1CCNC1.Cl. The van der Waals surface area contributed by atoms with Gasteiger partial charge >= 0.3 is 0 Å². The Morgan fingerprint density at radius 2 is 2.25 bits per heavy atom. The Bertz CT molecular complexity index is 409. The third-order valence-corrected chi connectivity index (χ3v) is 3.69. The molecule has 1 aromatic carbocycles. The fourth-order valence-corrected chi connectivity index (χ4v) is 2.70. The van der Waals surface area contributed by atoms with Crippen molar-refractivity contribution in [1.29, 1.82) is 0 Å². The number of phenols is 1. The first-order chi connectivity index (χ1) is 9.24. The molecule has 1 atom stereocenters. The van der Waals surface area contributed by atoms with Crippen LogP contribution in [0.25, 0.3) is 0 Å². The molecule has 0 aliphatic carbocycles. The van der Waals surface area contributed by atoms with E-state index in [1.165, 1.54) is 6.42 Å². The van der Waals surface area contributed by atoms with Crippen molar-refractivity contribution in [3.05, 3.63) is 23.8 Å². The van der Waals surface area contributed by atoms with E-state index in [-0.39, 0.29) is 18.2 Å². The largest absolute Gasteiger partial charge is 0.504 e. The number of ether oxygens (including phenoxy) is 1. The van der Waals surface area contributed by atoms with Crippen LogP contribution in [0.3, 0.4) is 0 Å². The van der Waals surface area contributed by atoms with Crippen molar-refractivity contribution >= 4 is 12.4 Å². The lowest BCUT2D eigenvalue weighted by atomic mass is 10.1. The number of hydrogen-bond donors (Lipinski definition) is 2. The molecule has 2 N–H and O–H groups in total. The van der Waals surface area contributed by atoms with Gasteiger partial charge in [0.05, 0.1) is 7.11 Å². The highest BCUT2D eigenvalue weighted by Crippen LogP contribution is 2.27. The van der Waals surface area contributed by atoms with Gasteiger partial charge in [0, 0.05) is 19.1 Å². The summed E-state index contributed by atoms with van der Waals surface area (Å²) < 4.78 is 5.08. The number of phenolic OH excluding ortho intramolecular Hbond substituents is 1. The average Bonchev–Trinajstić information content (AvgIpc) is 2.92. The van der Waals surface area contributed by atoms with Crippen molar-refractivity contribution < 1.29 is 9.84 Å². The van der Waals surface area contributed by atoms with Crippen molar-refractivity contribution in [1.82, 2.24) is 10.2 Å². The van der Waals surface area contributed by atoms with Crippen LogP contribution >= 0.6 is 12.4 Å². The predicted octanol–water partition coefficient (Wildman–Crippen LogP) is 2.40. The second-order valence-electron chi connectivity index (χ2n) is 5.12. The number of methoxy groups -OCH3 is 1. The van der Waals surface area contributed by atoms with Crippen molar-refractivity contribution in [3.8, 4) is 11.5 Å². The molecule has 0 aromatic heterocycles. The van der Waals surface area contributed by atoms with Gasteiger partial charge in [-0.3, -0.25) is 4.90 Å². The number of halogens is 1. The first-order valence-electron chi connectivity index (χ1n) is 7.05. The summed E-state index contributed by atoms with van der Waals surface area (Å²) in [5, 5.41) is 13.3. The summed E-state index contributed by atoms with van der Waals surface area (Å²) in [6.07, 6.45) is 2.36. The maximum Gasteiger partial charge on any atom is 0.160 e. The molecule has 1 aromatic rings. The van der Waals surface area contributed by atoms with E-state index in [1.807, 2.05) is 18.2 Å². The van der Waals surface area contributed by atoms with Crippen LogP contribution in [-0.2, 0) is 6.54 Å². The topological polar surface area (TPSA) is 44.7 Å². The standard InChI is InChI=1S/C15H24N2O2.ClH/c1-3-8-17(13-6-7-16-10-13)11-12-4-5-15(19-2)14(18)9-12;/h4-5,9,13,16,18H,3,6-8,10-11H2,1-2H3;1H. The fourth-order valence-electron chi connectivity index (χ4n) is 2.70. The van der Waals surface area contributed by atoms with Gasteiger partial charge in [-0.2, -0.15) is 0 Å². The zero-order valence-electron chi connectivity index (χ0n) is 12.3. The predicted molar refractivity (Wildman–Crippen MR) is 83.9 cm³/mol. The Hall–Kier alpha value is -0.970. The molecule has 4 nitrogen and oxygen atoms in total. The minimum Gasteiger partial charge on any atom is -0.504 e. The van der Waals surface area contributed by atoms with E-state index >= 15 is 0 Å². The summed E-state index contributed by atoms with van der Waals surface area (Å²) >= 11 is 0. The highest BCUT2D eigenvalue weighted by molar-refractivity contribution is 5.85. The summed E-state index contributed by atoms with van der Waals surface area (Å²) in [4.78, 5) is 2.50. The summed E-state index contributed by atoms with van der Waals surface area (Å²) in [5.74, 6) is 0.759. The van der Waals surface area contributed by atoms with Gasteiger partial charge in [-0.25, -0.2) is 0 Å². The lowest BCUT2D eigenvalue weighted by Crippen LogP contribution is -2.36. The maximum atomic E-state index is 9.84. The lowest BCUT2D eigenvalue weighted by Gasteiger charge is -2.28. The molecule has 0 radical (unpaired) electrons. The number of benzene rings is 1. The molecule has 0 bridgehead atoms. The van der Waals surface area contributed by atoms with Crippen LogP contribution in [0.2, 0.25) is 0 Å². The molecule has 0 amide bonds. The summed E-state index contributed by atoms with van der Waals surface area (Å²) in [7, 11) is 1.57. The molecule has 1 aliphatic rings. The molecule has 1 saturated heterocycles. The van der Waals surface area contributed by atoms with Crippen LogP contribution in [0.4, 0.5) is 0 Å². The highest BCUT2D eigenvalue weighted by Gasteiger charge is 2.21. The van der Waals surface area contributed by atoms with Crippen LogP contribution < -0.4 is 10.1 Å². The molecule has 1 aliphatic heterocycles. The maximum absolute atomic E-state index is 9.84. The molecule has 5 heteroatoms. The van der Waals surface area contributed by atoms with Crippen LogP contribution in [-0.4, -0.2) is 42.8 Å². The molecule has 1 fully saturated rings. The van der Waals surface area contributed by atoms with Crippen molar-refractivity contribution in [3.63, 3.8) is 0 Å². The first kappa shape index (κ1) is 17.1. The zero-order valence-corrected chi connectivity index (χ0v) is 13.1. The number of hydrogen-bond acceptors (Lipinski definition) is 4. The third-order valence-electron chi connectivity index (χ3n) is 3.69. The van der Waals surface area contributed by atoms with Gasteiger partial charge in [-0.15, -0.1) is 12.4 Å². The first-order valence-corrected chi connectivity index (χ1v) is 7.05. The molecule has 0 spiro atoms. The monoisotopic (exact) mass is 300 g/mol. The fraction of sp³-hybridized carbons (Fsp3) is 0.600. The number of rotatable bonds is 6. The molecule has 20 heavy (non-hydrogen) atoms. The van der Waals surface area contributed by atoms with Crippen LogP contribution in [0, 0.1) is 0 Å². The molecule has 114 valence electrons. The van der Waals surface area contributed by atoms with Crippen molar-refractivity contribution in [2.24, 2.45) is 0 Å². The third kappa shape index (κ3) is 4.27. The Kier molecular flexibility index (Phi) is 7.13.